The number of aromatic nitrogens is 3. The van der Waals surface area contributed by atoms with Crippen molar-refractivity contribution in [2.45, 2.75) is 31.7 Å². The van der Waals surface area contributed by atoms with Gasteiger partial charge < -0.3 is 15.6 Å². The highest BCUT2D eigenvalue weighted by Crippen LogP contribution is 2.31. The number of Topliss-reactive ketones (excluding diaryl/α,β-unsaturated/α-hetero) is 1. The van der Waals surface area contributed by atoms with Gasteiger partial charge in [0.05, 0.1) is 28.4 Å². The first-order chi connectivity index (χ1) is 16.8. The predicted octanol–water partition coefficient (Wildman–Crippen LogP) is 4.81. The number of nitrogens with one attached hydrogen (secondary N) is 1. The summed E-state index contributed by atoms with van der Waals surface area (Å²) in [5.74, 6) is -0.163. The van der Waals surface area contributed by atoms with Crippen molar-refractivity contribution < 1.29 is 9.59 Å². The number of halogens is 2. The van der Waals surface area contributed by atoms with E-state index in [9.17, 15) is 14.4 Å². The Balaban J connectivity index is 1.24. The van der Waals surface area contributed by atoms with Crippen LogP contribution >= 0.6 is 31.9 Å². The van der Waals surface area contributed by atoms with Crippen LogP contribution in [-0.4, -0.2) is 44.2 Å². The molecule has 0 radical (unpaired) electrons. The van der Waals surface area contributed by atoms with Crippen LogP contribution in [0.4, 0.5) is 5.69 Å². The van der Waals surface area contributed by atoms with Crippen molar-refractivity contribution in [2.24, 2.45) is 0 Å². The van der Waals surface area contributed by atoms with Gasteiger partial charge in [0.15, 0.2) is 5.78 Å². The molecule has 2 aromatic carbocycles. The predicted molar refractivity (Wildman–Crippen MR) is 143 cm³/mol. The standard InChI is InChI=1S/C25H23Br2N5O3/c26-17-11-14(12-18(27)23(17)28)21(33)5-6-22(34)31-9-7-15(8-10-31)32-20-13-29-19-4-2-1-3-16(19)24(20)30-25(32)35/h1-4,11-13,15H,5-10,28H2,(H,30,35). The number of aromatic amines is 1. The number of carbonyl (C=O) groups excluding carboxylic acids is 2. The maximum Gasteiger partial charge on any atom is 0.326 e. The van der Waals surface area contributed by atoms with E-state index < -0.39 is 0 Å². The summed E-state index contributed by atoms with van der Waals surface area (Å²) >= 11 is 6.70. The molecule has 0 atom stereocenters. The molecule has 180 valence electrons. The number of H-pyrrole nitrogens is 1. The first-order valence-electron chi connectivity index (χ1n) is 11.4. The van der Waals surface area contributed by atoms with E-state index in [4.69, 9.17) is 5.73 Å². The van der Waals surface area contributed by atoms with Crippen LogP contribution in [0, 0.1) is 0 Å². The van der Waals surface area contributed by atoms with Crippen LogP contribution in [0.25, 0.3) is 21.9 Å². The molecule has 1 amide bonds. The van der Waals surface area contributed by atoms with Gasteiger partial charge in [0.2, 0.25) is 5.91 Å². The molecule has 4 aromatic rings. The fourth-order valence-corrected chi connectivity index (χ4v) is 5.91. The Morgan fingerprint density at radius 2 is 1.77 bits per heavy atom. The summed E-state index contributed by atoms with van der Waals surface area (Å²) in [6.45, 7) is 1.08. The highest BCUT2D eigenvalue weighted by Gasteiger charge is 2.27. The number of nitrogens with zero attached hydrogens (tertiary/aromatic N) is 3. The molecular formula is C25H23Br2N5O3. The van der Waals surface area contributed by atoms with E-state index in [0.717, 1.165) is 21.9 Å². The second kappa shape index (κ2) is 9.58. The van der Waals surface area contributed by atoms with Crippen LogP contribution in [0.2, 0.25) is 0 Å². The molecule has 1 saturated heterocycles. The molecule has 0 spiro atoms. The molecule has 5 rings (SSSR count). The Labute approximate surface area is 217 Å². The molecule has 0 unspecified atom stereocenters. The zero-order valence-corrected chi connectivity index (χ0v) is 21.9. The Morgan fingerprint density at radius 3 is 2.49 bits per heavy atom. The molecule has 1 fully saturated rings. The number of nitrogen functional groups attached to an aromatic ring is 1. The summed E-state index contributed by atoms with van der Waals surface area (Å²) in [4.78, 5) is 47.5. The van der Waals surface area contributed by atoms with Gasteiger partial charge >= 0.3 is 5.69 Å². The lowest BCUT2D eigenvalue weighted by Crippen LogP contribution is -2.40. The summed E-state index contributed by atoms with van der Waals surface area (Å²) in [6, 6.07) is 11.1. The van der Waals surface area contributed by atoms with Crippen molar-refractivity contribution in [1.82, 2.24) is 19.4 Å². The minimum absolute atomic E-state index is 0.0191. The summed E-state index contributed by atoms with van der Waals surface area (Å²) in [5, 5.41) is 0.915. The largest absolute Gasteiger partial charge is 0.397 e. The van der Waals surface area contributed by atoms with Crippen molar-refractivity contribution in [1.29, 1.82) is 0 Å². The number of para-hydroxylation sites is 1. The lowest BCUT2D eigenvalue weighted by atomic mass is 10.0. The SMILES string of the molecule is Nc1c(Br)cc(C(=O)CCC(=O)N2CCC(n3c(=O)[nH]c4c5ccccc5ncc43)CC2)cc1Br. The van der Waals surface area contributed by atoms with E-state index in [1.807, 2.05) is 24.3 Å². The third-order valence-electron chi connectivity index (χ3n) is 6.62. The van der Waals surface area contributed by atoms with Crippen molar-refractivity contribution in [3.63, 3.8) is 0 Å². The third kappa shape index (κ3) is 4.52. The number of likely N-dealkylation sites (tertiary alicyclic amines) is 1. The lowest BCUT2D eigenvalue weighted by Gasteiger charge is -2.32. The average molecular weight is 601 g/mol. The van der Waals surface area contributed by atoms with E-state index in [-0.39, 0.29) is 36.3 Å². The number of hydrogen-bond donors (Lipinski definition) is 2. The van der Waals surface area contributed by atoms with Crippen molar-refractivity contribution in [3.05, 3.63) is 67.6 Å². The summed E-state index contributed by atoms with van der Waals surface area (Å²) in [5.41, 5.74) is 9.17. The van der Waals surface area contributed by atoms with Crippen LogP contribution in [0.3, 0.4) is 0 Å². The highest BCUT2D eigenvalue weighted by molar-refractivity contribution is 9.11. The normalized spacial score (nSPS) is 14.6. The second-order valence-corrected chi connectivity index (χ2v) is 10.4. The first-order valence-corrected chi connectivity index (χ1v) is 13.0. The molecule has 0 saturated carbocycles. The third-order valence-corrected chi connectivity index (χ3v) is 7.93. The number of anilines is 1. The Kier molecular flexibility index (Phi) is 6.50. The number of pyridine rings is 1. The van der Waals surface area contributed by atoms with Gasteiger partial charge in [-0.3, -0.25) is 19.1 Å². The topological polar surface area (TPSA) is 114 Å². The quantitative estimate of drug-likeness (QED) is 0.252. The van der Waals surface area contributed by atoms with Crippen LogP contribution in [0.1, 0.15) is 42.1 Å². The minimum atomic E-state index is -0.158. The second-order valence-electron chi connectivity index (χ2n) is 8.72. The molecule has 1 aliphatic rings. The number of carbonyl (C=O) groups is 2. The van der Waals surface area contributed by atoms with Crippen LogP contribution in [-0.2, 0) is 4.79 Å². The number of nitrogens with two attached hydrogens (primary N) is 1. The van der Waals surface area contributed by atoms with Crippen LogP contribution < -0.4 is 11.4 Å². The van der Waals surface area contributed by atoms with Crippen LogP contribution in [0.15, 0.2) is 56.3 Å². The highest BCUT2D eigenvalue weighted by atomic mass is 79.9. The molecule has 0 bridgehead atoms. The zero-order chi connectivity index (χ0) is 24.7. The Hall–Kier alpha value is -2.98. The Bertz CT molecular complexity index is 1500. The molecule has 3 heterocycles. The monoisotopic (exact) mass is 599 g/mol. The number of amides is 1. The smallest absolute Gasteiger partial charge is 0.326 e. The molecule has 0 aliphatic carbocycles. The summed E-state index contributed by atoms with van der Waals surface area (Å²) in [7, 11) is 0. The fourth-order valence-electron chi connectivity index (χ4n) is 4.73. The lowest BCUT2D eigenvalue weighted by molar-refractivity contribution is -0.132. The van der Waals surface area contributed by atoms with Gasteiger partial charge in [-0.2, -0.15) is 0 Å². The van der Waals surface area contributed by atoms with Gasteiger partial charge in [0, 0.05) is 51.9 Å². The molecule has 1 aliphatic heterocycles. The number of imidazole rings is 1. The van der Waals surface area contributed by atoms with Gasteiger partial charge in [0.1, 0.15) is 0 Å². The number of piperidine rings is 1. The van der Waals surface area contributed by atoms with Gasteiger partial charge in [-0.05, 0) is 62.9 Å². The molecule has 10 heteroatoms. The molecule has 8 nitrogen and oxygen atoms in total. The van der Waals surface area contributed by atoms with E-state index >= 15 is 0 Å². The zero-order valence-electron chi connectivity index (χ0n) is 18.8. The van der Waals surface area contributed by atoms with E-state index in [0.29, 0.717) is 46.1 Å². The number of rotatable bonds is 5. The van der Waals surface area contributed by atoms with E-state index in [1.165, 1.54) is 0 Å². The molecule has 35 heavy (non-hydrogen) atoms. The summed E-state index contributed by atoms with van der Waals surface area (Å²) < 4.78 is 3.05. The Morgan fingerprint density at radius 1 is 1.09 bits per heavy atom. The van der Waals surface area contributed by atoms with Gasteiger partial charge in [-0.15, -0.1) is 0 Å². The number of benzene rings is 2. The van der Waals surface area contributed by atoms with Gasteiger partial charge in [-0.1, -0.05) is 18.2 Å². The van der Waals surface area contributed by atoms with Crippen molar-refractivity contribution >= 4 is 71.2 Å². The fraction of sp³-hybridized carbons (Fsp3) is 0.280. The maximum atomic E-state index is 12.8. The number of hydrogen-bond acceptors (Lipinski definition) is 5. The number of fused-ring (bicyclic) bond motifs is 3. The summed E-state index contributed by atoms with van der Waals surface area (Å²) in [6.07, 6.45) is 3.34. The number of ketones is 1. The first kappa shape index (κ1) is 23.7. The van der Waals surface area contributed by atoms with Gasteiger partial charge in [0.25, 0.3) is 0 Å². The van der Waals surface area contributed by atoms with E-state index in [2.05, 4.69) is 41.8 Å². The van der Waals surface area contributed by atoms with Crippen LogP contribution in [0.5, 0.6) is 0 Å². The molecular weight excluding hydrogens is 578 g/mol. The van der Waals surface area contributed by atoms with Crippen molar-refractivity contribution in [3.8, 4) is 0 Å². The molecule has 3 N–H and O–H groups in total. The average Bonchev–Trinajstić information content (AvgIpc) is 3.21. The van der Waals surface area contributed by atoms with E-state index in [1.54, 1.807) is 27.8 Å². The van der Waals surface area contributed by atoms with Gasteiger partial charge in [-0.25, -0.2) is 4.79 Å². The molecule has 2 aromatic heterocycles. The maximum absolute atomic E-state index is 12.8. The van der Waals surface area contributed by atoms with Crippen molar-refractivity contribution in [2.75, 3.05) is 18.8 Å². The minimum Gasteiger partial charge on any atom is -0.397 e.